The third kappa shape index (κ3) is 4.60. The van der Waals surface area contributed by atoms with E-state index in [1.807, 2.05) is 12.1 Å². The molecule has 0 aliphatic carbocycles. The molecule has 7 heteroatoms. The Hall–Kier alpha value is -1.28. The van der Waals surface area contributed by atoms with Crippen LogP contribution >= 0.6 is 34.6 Å². The highest BCUT2D eigenvalue weighted by molar-refractivity contribution is 14.1. The number of halogens is 2. The van der Waals surface area contributed by atoms with Crippen molar-refractivity contribution >= 4 is 52.2 Å². The van der Waals surface area contributed by atoms with Gasteiger partial charge in [0.25, 0.3) is 0 Å². The highest BCUT2D eigenvalue weighted by Crippen LogP contribution is 2.30. The summed E-state index contributed by atoms with van der Waals surface area (Å²) in [6, 6.07) is 7.12. The van der Waals surface area contributed by atoms with Crippen molar-refractivity contribution in [1.82, 2.24) is 4.90 Å². The molecule has 0 unspecified atom stereocenters. The van der Waals surface area contributed by atoms with Crippen LogP contribution in [0.4, 0.5) is 4.79 Å². The van der Waals surface area contributed by atoms with Crippen molar-refractivity contribution in [3.05, 3.63) is 40.4 Å². The van der Waals surface area contributed by atoms with Gasteiger partial charge in [0.1, 0.15) is 5.60 Å². The highest BCUT2D eigenvalue weighted by atomic mass is 127. The van der Waals surface area contributed by atoms with Crippen LogP contribution in [0, 0.1) is 0 Å². The van der Waals surface area contributed by atoms with E-state index in [9.17, 15) is 9.59 Å². The number of hydrogen-bond donors (Lipinski definition) is 0. The molecule has 0 N–H and O–H groups in total. The number of nitrogens with zero attached hydrogens (tertiary/aromatic N) is 1. The molecule has 1 aromatic rings. The van der Waals surface area contributed by atoms with Gasteiger partial charge in [0.15, 0.2) is 23.0 Å². The first-order valence-electron chi connectivity index (χ1n) is 7.00. The van der Waals surface area contributed by atoms with E-state index in [4.69, 9.17) is 19.4 Å². The van der Waals surface area contributed by atoms with Crippen molar-refractivity contribution in [2.75, 3.05) is 13.1 Å². The van der Waals surface area contributed by atoms with Crippen LogP contribution in [0.25, 0.3) is 5.57 Å². The van der Waals surface area contributed by atoms with Crippen LogP contribution in [-0.2, 0) is 12.6 Å². The Balaban J connectivity index is 2.27. The van der Waals surface area contributed by atoms with Crippen LogP contribution in [-0.4, -0.2) is 35.7 Å². The zero-order valence-corrected chi connectivity index (χ0v) is 16.0. The predicted octanol–water partition coefficient (Wildman–Crippen LogP) is 4.24. The third-order valence-corrected chi connectivity index (χ3v) is 3.88. The number of benzene rings is 1. The standard InChI is InChI=1S/C16H17ClINO4/c1-16(2,3)22-15(21)19-8-12(13(9-19)14(20)23-18)10-4-6-11(17)7-5-10/h4-7H,8-9H2,1-3H3. The van der Waals surface area contributed by atoms with Crippen LogP contribution in [0.1, 0.15) is 26.3 Å². The minimum absolute atomic E-state index is 0.161. The number of ether oxygens (including phenoxy) is 1. The second-order valence-corrected chi connectivity index (χ2v) is 7.04. The van der Waals surface area contributed by atoms with Gasteiger partial charge >= 0.3 is 12.1 Å². The maximum atomic E-state index is 12.3. The fourth-order valence-electron chi connectivity index (χ4n) is 2.23. The van der Waals surface area contributed by atoms with E-state index >= 15 is 0 Å². The second kappa shape index (κ2) is 7.09. The van der Waals surface area contributed by atoms with Crippen LogP contribution in [0.15, 0.2) is 29.8 Å². The van der Waals surface area contributed by atoms with E-state index in [0.717, 1.165) is 11.1 Å². The maximum absolute atomic E-state index is 12.3. The molecule has 1 aliphatic rings. The largest absolute Gasteiger partial charge is 0.444 e. The fraction of sp³-hybridized carbons (Fsp3) is 0.375. The quantitative estimate of drug-likeness (QED) is 0.634. The fourth-order valence-corrected chi connectivity index (χ4v) is 2.63. The topological polar surface area (TPSA) is 55.8 Å². The second-order valence-electron chi connectivity index (χ2n) is 6.17. The zero-order chi connectivity index (χ0) is 17.2. The van der Waals surface area contributed by atoms with Crippen molar-refractivity contribution in [3.8, 4) is 0 Å². The van der Waals surface area contributed by atoms with Crippen molar-refractivity contribution in [1.29, 1.82) is 0 Å². The summed E-state index contributed by atoms with van der Waals surface area (Å²) in [5, 5.41) is 0.606. The number of amides is 1. The molecule has 0 saturated carbocycles. The molecule has 0 fully saturated rings. The van der Waals surface area contributed by atoms with Gasteiger partial charge in [0.2, 0.25) is 0 Å². The number of hydrogen-bond acceptors (Lipinski definition) is 4. The molecule has 0 spiro atoms. The average molecular weight is 450 g/mol. The minimum Gasteiger partial charge on any atom is -0.444 e. The van der Waals surface area contributed by atoms with Gasteiger partial charge in [-0.1, -0.05) is 23.7 Å². The molecule has 1 amide bonds. The molecule has 23 heavy (non-hydrogen) atoms. The Bertz CT molecular complexity index is 649. The number of carbonyl (C=O) groups excluding carboxylic acids is 2. The van der Waals surface area contributed by atoms with Gasteiger partial charge in [-0.2, -0.15) is 0 Å². The summed E-state index contributed by atoms with van der Waals surface area (Å²) in [6.45, 7) is 5.85. The molecule has 0 bridgehead atoms. The highest BCUT2D eigenvalue weighted by Gasteiger charge is 2.33. The van der Waals surface area contributed by atoms with E-state index < -0.39 is 17.7 Å². The van der Waals surface area contributed by atoms with Gasteiger partial charge in [0, 0.05) is 5.02 Å². The van der Waals surface area contributed by atoms with E-state index in [1.165, 1.54) is 4.90 Å². The molecule has 2 rings (SSSR count). The molecule has 0 radical (unpaired) electrons. The maximum Gasteiger partial charge on any atom is 0.410 e. The van der Waals surface area contributed by atoms with Crippen molar-refractivity contribution in [2.24, 2.45) is 0 Å². The first kappa shape index (κ1) is 18.1. The third-order valence-electron chi connectivity index (χ3n) is 3.22. The van der Waals surface area contributed by atoms with E-state index in [1.54, 1.807) is 55.9 Å². The van der Waals surface area contributed by atoms with Crippen molar-refractivity contribution < 1.29 is 17.4 Å². The van der Waals surface area contributed by atoms with Gasteiger partial charge in [-0.05, 0) is 44.0 Å². The van der Waals surface area contributed by atoms with Crippen LogP contribution < -0.4 is 0 Å². The Morgan fingerprint density at radius 2 is 1.78 bits per heavy atom. The first-order valence-corrected chi connectivity index (χ1v) is 8.26. The molecule has 5 nitrogen and oxygen atoms in total. The molecular formula is C16H17ClINO4. The zero-order valence-electron chi connectivity index (χ0n) is 13.1. The SMILES string of the molecule is CC(C)(C)OC(=O)N1CC(C(=O)OI)=C(c2ccc(Cl)cc2)C1. The summed E-state index contributed by atoms with van der Waals surface area (Å²) in [6.07, 6.45) is -0.458. The monoisotopic (exact) mass is 449 g/mol. The predicted molar refractivity (Wildman–Crippen MR) is 96.3 cm³/mol. The lowest BCUT2D eigenvalue weighted by Gasteiger charge is -2.24. The average Bonchev–Trinajstić information content (AvgIpc) is 2.91. The summed E-state index contributed by atoms with van der Waals surface area (Å²) in [7, 11) is 0. The van der Waals surface area contributed by atoms with Crippen LogP contribution in [0.5, 0.6) is 0 Å². The Morgan fingerprint density at radius 3 is 2.30 bits per heavy atom. The van der Waals surface area contributed by atoms with E-state index in [-0.39, 0.29) is 13.1 Å². The molecule has 0 saturated heterocycles. The summed E-state index contributed by atoms with van der Waals surface area (Å²) in [4.78, 5) is 25.8. The molecule has 0 atom stereocenters. The molecule has 1 heterocycles. The molecule has 124 valence electrons. The molecule has 0 aromatic heterocycles. The van der Waals surface area contributed by atoms with Gasteiger partial charge < -0.3 is 7.80 Å². The summed E-state index contributed by atoms with van der Waals surface area (Å²) < 4.78 is 10.2. The Morgan fingerprint density at radius 1 is 1.17 bits per heavy atom. The summed E-state index contributed by atoms with van der Waals surface area (Å²) in [5.41, 5.74) is 1.43. The first-order chi connectivity index (χ1) is 10.7. The molecule has 1 aliphatic heterocycles. The Labute approximate surface area is 154 Å². The van der Waals surface area contributed by atoms with Crippen LogP contribution in [0.2, 0.25) is 5.02 Å². The van der Waals surface area contributed by atoms with Crippen molar-refractivity contribution in [3.63, 3.8) is 0 Å². The van der Waals surface area contributed by atoms with Gasteiger partial charge in [-0.3, -0.25) is 4.90 Å². The number of rotatable bonds is 2. The summed E-state index contributed by atoms with van der Waals surface area (Å²) in [5.74, 6) is -0.457. The summed E-state index contributed by atoms with van der Waals surface area (Å²) >= 11 is 7.45. The van der Waals surface area contributed by atoms with E-state index in [2.05, 4.69) is 0 Å². The van der Waals surface area contributed by atoms with Gasteiger partial charge in [-0.15, -0.1) is 0 Å². The van der Waals surface area contributed by atoms with Crippen LogP contribution in [0.3, 0.4) is 0 Å². The van der Waals surface area contributed by atoms with Crippen molar-refractivity contribution in [2.45, 2.75) is 26.4 Å². The lowest BCUT2D eigenvalue weighted by atomic mass is 10.0. The molecular weight excluding hydrogens is 433 g/mol. The van der Waals surface area contributed by atoms with Gasteiger partial charge in [-0.25, -0.2) is 9.59 Å². The normalized spacial score (nSPS) is 14.9. The smallest absolute Gasteiger partial charge is 0.410 e. The Kier molecular flexibility index (Phi) is 5.57. The molecule has 1 aromatic carbocycles. The lowest BCUT2D eigenvalue weighted by molar-refractivity contribution is -0.127. The minimum atomic E-state index is -0.593. The van der Waals surface area contributed by atoms with E-state index in [0.29, 0.717) is 10.6 Å². The van der Waals surface area contributed by atoms with Gasteiger partial charge in [0.05, 0.1) is 18.7 Å². The lowest BCUT2D eigenvalue weighted by Crippen LogP contribution is -2.36. The number of carbonyl (C=O) groups is 2.